The number of nitrogen functional groups attached to an aromatic ring is 1. The fraction of sp³-hybridized carbons (Fsp3) is 0.636. The van der Waals surface area contributed by atoms with E-state index in [1.165, 1.54) is 32.1 Å². The Bertz CT molecular complexity index is 307. The molecule has 82 valence electrons. The number of rotatable bonds is 3. The third-order valence-corrected chi connectivity index (χ3v) is 2.95. The zero-order chi connectivity index (χ0) is 10.5. The topological polar surface area (TPSA) is 63.8 Å². The first kappa shape index (κ1) is 10.2. The van der Waals surface area contributed by atoms with Crippen molar-refractivity contribution < 1.29 is 0 Å². The zero-order valence-corrected chi connectivity index (χ0v) is 8.95. The van der Waals surface area contributed by atoms with Gasteiger partial charge >= 0.3 is 0 Å². The van der Waals surface area contributed by atoms with Gasteiger partial charge in [-0.15, -0.1) is 0 Å². The molecular weight excluding hydrogens is 188 g/mol. The molecule has 1 aromatic heterocycles. The maximum atomic E-state index is 5.58. The van der Waals surface area contributed by atoms with Crippen molar-refractivity contribution in [2.24, 2.45) is 5.92 Å². The lowest BCUT2D eigenvalue weighted by Gasteiger charge is -2.21. The van der Waals surface area contributed by atoms with Crippen LogP contribution in [-0.2, 0) is 0 Å². The van der Waals surface area contributed by atoms with Gasteiger partial charge in [0.15, 0.2) is 0 Å². The standard InChI is InChI=1S/C11H18N4/c12-10-6-7-13-11(15-10)14-8-9-4-2-1-3-5-9/h6-7,9H,1-5,8H2,(H3,12,13,14,15). The Morgan fingerprint density at radius 2 is 2.13 bits per heavy atom. The van der Waals surface area contributed by atoms with Crippen LogP contribution in [0.3, 0.4) is 0 Å². The Labute approximate surface area is 90.3 Å². The highest BCUT2D eigenvalue weighted by molar-refractivity contribution is 5.34. The summed E-state index contributed by atoms with van der Waals surface area (Å²) < 4.78 is 0. The molecule has 0 atom stereocenters. The van der Waals surface area contributed by atoms with Gasteiger partial charge in [0.2, 0.25) is 5.95 Å². The van der Waals surface area contributed by atoms with Crippen molar-refractivity contribution in [2.45, 2.75) is 32.1 Å². The van der Waals surface area contributed by atoms with Crippen LogP contribution in [0.15, 0.2) is 12.3 Å². The average molecular weight is 206 g/mol. The number of anilines is 2. The lowest BCUT2D eigenvalue weighted by atomic mass is 9.89. The van der Waals surface area contributed by atoms with Crippen molar-refractivity contribution in [3.63, 3.8) is 0 Å². The molecule has 4 heteroatoms. The second-order valence-corrected chi connectivity index (χ2v) is 4.19. The van der Waals surface area contributed by atoms with E-state index in [1.54, 1.807) is 12.3 Å². The highest BCUT2D eigenvalue weighted by Crippen LogP contribution is 2.23. The number of nitrogens with two attached hydrogens (primary N) is 1. The molecular formula is C11H18N4. The van der Waals surface area contributed by atoms with Crippen molar-refractivity contribution in [2.75, 3.05) is 17.6 Å². The monoisotopic (exact) mass is 206 g/mol. The fourth-order valence-corrected chi connectivity index (χ4v) is 2.08. The zero-order valence-electron chi connectivity index (χ0n) is 8.95. The van der Waals surface area contributed by atoms with Crippen LogP contribution in [0.1, 0.15) is 32.1 Å². The molecule has 1 aliphatic carbocycles. The van der Waals surface area contributed by atoms with Gasteiger partial charge in [0.05, 0.1) is 0 Å². The van der Waals surface area contributed by atoms with Gasteiger partial charge in [-0.05, 0) is 24.8 Å². The number of nitrogens with one attached hydrogen (secondary N) is 1. The number of aromatic nitrogens is 2. The van der Waals surface area contributed by atoms with Crippen LogP contribution >= 0.6 is 0 Å². The minimum absolute atomic E-state index is 0.524. The molecule has 4 nitrogen and oxygen atoms in total. The second-order valence-electron chi connectivity index (χ2n) is 4.19. The van der Waals surface area contributed by atoms with Gasteiger partial charge in [0.1, 0.15) is 5.82 Å². The Hall–Kier alpha value is -1.32. The van der Waals surface area contributed by atoms with Crippen LogP contribution in [0, 0.1) is 5.92 Å². The number of hydrogen-bond donors (Lipinski definition) is 2. The van der Waals surface area contributed by atoms with E-state index in [9.17, 15) is 0 Å². The average Bonchev–Trinajstić information content (AvgIpc) is 2.28. The minimum Gasteiger partial charge on any atom is -0.384 e. The van der Waals surface area contributed by atoms with Crippen molar-refractivity contribution in [1.29, 1.82) is 0 Å². The van der Waals surface area contributed by atoms with Crippen LogP contribution in [0.2, 0.25) is 0 Å². The van der Waals surface area contributed by atoms with E-state index in [0.29, 0.717) is 11.8 Å². The molecule has 0 radical (unpaired) electrons. The second kappa shape index (κ2) is 4.96. The Morgan fingerprint density at radius 3 is 2.87 bits per heavy atom. The molecule has 3 N–H and O–H groups in total. The summed E-state index contributed by atoms with van der Waals surface area (Å²) in [7, 11) is 0. The van der Waals surface area contributed by atoms with Crippen molar-refractivity contribution in [1.82, 2.24) is 9.97 Å². The molecule has 1 aromatic rings. The highest BCUT2D eigenvalue weighted by atomic mass is 15.1. The summed E-state index contributed by atoms with van der Waals surface area (Å²) in [5, 5.41) is 3.25. The molecule has 0 aliphatic heterocycles. The molecule has 0 unspecified atom stereocenters. The molecule has 1 heterocycles. The third kappa shape index (κ3) is 3.08. The summed E-state index contributed by atoms with van der Waals surface area (Å²) in [6, 6.07) is 1.70. The van der Waals surface area contributed by atoms with Crippen LogP contribution in [0.5, 0.6) is 0 Å². The fourth-order valence-electron chi connectivity index (χ4n) is 2.08. The molecule has 2 rings (SSSR count). The smallest absolute Gasteiger partial charge is 0.224 e. The van der Waals surface area contributed by atoms with Gasteiger partial charge in [0.25, 0.3) is 0 Å². The summed E-state index contributed by atoms with van der Waals surface area (Å²) in [5.41, 5.74) is 5.58. The minimum atomic E-state index is 0.524. The molecule has 0 saturated heterocycles. The summed E-state index contributed by atoms with van der Waals surface area (Å²) in [6.45, 7) is 0.976. The van der Waals surface area contributed by atoms with E-state index < -0.39 is 0 Å². The summed E-state index contributed by atoms with van der Waals surface area (Å²) in [6.07, 6.45) is 8.47. The maximum absolute atomic E-state index is 5.58. The number of nitrogens with zero attached hydrogens (tertiary/aromatic N) is 2. The van der Waals surface area contributed by atoms with Gasteiger partial charge < -0.3 is 11.1 Å². The molecule has 1 fully saturated rings. The summed E-state index contributed by atoms with van der Waals surface area (Å²) in [5.74, 6) is 1.96. The van der Waals surface area contributed by atoms with Gasteiger partial charge in [-0.2, -0.15) is 4.98 Å². The first-order valence-electron chi connectivity index (χ1n) is 5.67. The van der Waals surface area contributed by atoms with E-state index in [-0.39, 0.29) is 0 Å². The summed E-state index contributed by atoms with van der Waals surface area (Å²) in [4.78, 5) is 8.23. The van der Waals surface area contributed by atoms with E-state index in [0.717, 1.165) is 12.5 Å². The van der Waals surface area contributed by atoms with E-state index in [2.05, 4.69) is 15.3 Å². The third-order valence-electron chi connectivity index (χ3n) is 2.95. The van der Waals surface area contributed by atoms with Crippen LogP contribution in [0.4, 0.5) is 11.8 Å². The van der Waals surface area contributed by atoms with Gasteiger partial charge in [-0.1, -0.05) is 19.3 Å². The van der Waals surface area contributed by atoms with Gasteiger partial charge in [0, 0.05) is 12.7 Å². The molecule has 1 aliphatic rings. The molecule has 0 amide bonds. The van der Waals surface area contributed by atoms with Crippen LogP contribution < -0.4 is 11.1 Å². The predicted octanol–water partition coefficient (Wildman–Crippen LogP) is 2.05. The highest BCUT2D eigenvalue weighted by Gasteiger charge is 2.13. The maximum Gasteiger partial charge on any atom is 0.224 e. The molecule has 0 aromatic carbocycles. The number of hydrogen-bond acceptors (Lipinski definition) is 4. The predicted molar refractivity (Wildman–Crippen MR) is 61.5 cm³/mol. The molecule has 15 heavy (non-hydrogen) atoms. The Kier molecular flexibility index (Phi) is 3.37. The summed E-state index contributed by atoms with van der Waals surface area (Å²) >= 11 is 0. The van der Waals surface area contributed by atoms with Crippen LogP contribution in [0.25, 0.3) is 0 Å². The normalized spacial score (nSPS) is 17.6. The van der Waals surface area contributed by atoms with Crippen molar-refractivity contribution in [3.05, 3.63) is 12.3 Å². The van der Waals surface area contributed by atoms with E-state index in [4.69, 9.17) is 5.73 Å². The first-order chi connectivity index (χ1) is 7.34. The largest absolute Gasteiger partial charge is 0.384 e. The molecule has 0 spiro atoms. The quantitative estimate of drug-likeness (QED) is 0.794. The lowest BCUT2D eigenvalue weighted by Crippen LogP contribution is -2.18. The lowest BCUT2D eigenvalue weighted by molar-refractivity contribution is 0.373. The Morgan fingerprint density at radius 1 is 1.33 bits per heavy atom. The SMILES string of the molecule is Nc1ccnc(NCC2CCCCC2)n1. The Balaban J connectivity index is 1.81. The van der Waals surface area contributed by atoms with E-state index in [1.807, 2.05) is 0 Å². The van der Waals surface area contributed by atoms with Crippen LogP contribution in [-0.4, -0.2) is 16.5 Å². The molecule has 0 bridgehead atoms. The van der Waals surface area contributed by atoms with E-state index >= 15 is 0 Å². The van der Waals surface area contributed by atoms with Crippen molar-refractivity contribution >= 4 is 11.8 Å². The van der Waals surface area contributed by atoms with Gasteiger partial charge in [-0.25, -0.2) is 4.98 Å². The first-order valence-corrected chi connectivity index (χ1v) is 5.67. The van der Waals surface area contributed by atoms with Gasteiger partial charge in [-0.3, -0.25) is 0 Å². The van der Waals surface area contributed by atoms with Crippen molar-refractivity contribution in [3.8, 4) is 0 Å². The molecule has 1 saturated carbocycles.